The molecule has 0 unspecified atom stereocenters. The zero-order chi connectivity index (χ0) is 13.2. The van der Waals surface area contributed by atoms with Crippen molar-refractivity contribution in [2.24, 2.45) is 0 Å². The van der Waals surface area contributed by atoms with Crippen LogP contribution >= 0.6 is 15.9 Å². The fourth-order valence-corrected chi connectivity index (χ4v) is 3.09. The minimum atomic E-state index is 0.0445. The van der Waals surface area contributed by atoms with Crippen LogP contribution in [-0.4, -0.2) is 29.4 Å². The molecule has 0 spiro atoms. The molecule has 3 rings (SSSR count). The van der Waals surface area contributed by atoms with E-state index < -0.39 is 0 Å². The van der Waals surface area contributed by atoms with Crippen molar-refractivity contribution in [1.29, 1.82) is 0 Å². The Kier molecular flexibility index (Phi) is 3.89. The van der Waals surface area contributed by atoms with Crippen molar-refractivity contribution in [2.45, 2.75) is 44.3 Å². The highest BCUT2D eigenvalue weighted by atomic mass is 79.9. The maximum absolute atomic E-state index is 12.6. The van der Waals surface area contributed by atoms with Crippen LogP contribution < -0.4 is 5.32 Å². The van der Waals surface area contributed by atoms with Crippen LogP contribution in [0.15, 0.2) is 28.7 Å². The Balaban J connectivity index is 1.74. The van der Waals surface area contributed by atoms with E-state index in [-0.39, 0.29) is 11.9 Å². The maximum atomic E-state index is 12.6. The summed E-state index contributed by atoms with van der Waals surface area (Å²) in [7, 11) is 0. The molecule has 0 radical (unpaired) electrons. The van der Waals surface area contributed by atoms with E-state index in [1.54, 1.807) is 0 Å². The summed E-state index contributed by atoms with van der Waals surface area (Å²) in [6.07, 6.45) is 4.41. The van der Waals surface area contributed by atoms with Crippen molar-refractivity contribution >= 4 is 21.8 Å². The molecular weight excluding hydrogens is 304 g/mol. The molecule has 1 aliphatic heterocycles. The van der Waals surface area contributed by atoms with Crippen LogP contribution in [0.1, 0.15) is 31.2 Å². The number of benzene rings is 1. The van der Waals surface area contributed by atoms with Gasteiger partial charge in [0.25, 0.3) is 0 Å². The molecule has 1 atom stereocenters. The lowest BCUT2D eigenvalue weighted by Crippen LogP contribution is -2.44. The summed E-state index contributed by atoms with van der Waals surface area (Å²) in [5, 5.41) is 3.32. The molecule has 19 heavy (non-hydrogen) atoms. The quantitative estimate of drug-likeness (QED) is 0.924. The maximum Gasteiger partial charge on any atom is 0.240 e. The minimum Gasteiger partial charge on any atom is -0.334 e. The Morgan fingerprint density at radius 3 is 2.74 bits per heavy atom. The summed E-state index contributed by atoms with van der Waals surface area (Å²) in [4.78, 5) is 14.7. The fraction of sp³-hybridized carbons (Fsp3) is 0.533. The molecule has 3 nitrogen and oxygen atoms in total. The van der Waals surface area contributed by atoms with E-state index in [1.807, 2.05) is 18.2 Å². The number of rotatable bonds is 4. The minimum absolute atomic E-state index is 0.0445. The number of amides is 1. The summed E-state index contributed by atoms with van der Waals surface area (Å²) in [6.45, 7) is 1.70. The molecule has 1 aliphatic carbocycles. The van der Waals surface area contributed by atoms with Gasteiger partial charge in [-0.05, 0) is 43.9 Å². The highest BCUT2D eigenvalue weighted by Gasteiger charge is 2.36. The molecular formula is C15H19BrN2O. The van der Waals surface area contributed by atoms with Crippen LogP contribution in [0.4, 0.5) is 0 Å². The number of nitrogens with one attached hydrogen (secondary N) is 1. The van der Waals surface area contributed by atoms with Crippen molar-refractivity contribution < 1.29 is 4.79 Å². The van der Waals surface area contributed by atoms with E-state index in [4.69, 9.17) is 0 Å². The van der Waals surface area contributed by atoms with Crippen LogP contribution in [-0.2, 0) is 11.3 Å². The molecule has 2 aliphatic rings. The van der Waals surface area contributed by atoms with Gasteiger partial charge in [-0.25, -0.2) is 0 Å². The number of hydrogen-bond acceptors (Lipinski definition) is 2. The second-order valence-corrected chi connectivity index (χ2v) is 6.29. The fourth-order valence-electron chi connectivity index (χ4n) is 2.68. The van der Waals surface area contributed by atoms with E-state index in [0.29, 0.717) is 6.04 Å². The smallest absolute Gasteiger partial charge is 0.240 e. The van der Waals surface area contributed by atoms with Gasteiger partial charge in [0, 0.05) is 17.1 Å². The van der Waals surface area contributed by atoms with Gasteiger partial charge in [0.05, 0.1) is 6.04 Å². The van der Waals surface area contributed by atoms with Crippen LogP contribution in [0.25, 0.3) is 0 Å². The van der Waals surface area contributed by atoms with E-state index >= 15 is 0 Å². The predicted octanol–water partition coefficient (Wildman–Crippen LogP) is 2.69. The normalized spacial score (nSPS) is 22.5. The summed E-state index contributed by atoms with van der Waals surface area (Å²) >= 11 is 3.57. The van der Waals surface area contributed by atoms with Gasteiger partial charge >= 0.3 is 0 Å². The summed E-state index contributed by atoms with van der Waals surface area (Å²) in [5.41, 5.74) is 1.20. The second-order valence-electron chi connectivity index (χ2n) is 5.44. The first-order valence-electron chi connectivity index (χ1n) is 7.03. The standard InChI is InChI=1S/C15H19BrN2O/c16-13-5-2-1-4-11(13)10-18(12-7-8-12)15(19)14-6-3-9-17-14/h1-2,4-5,12,14,17H,3,6-10H2/t14-/m1/s1. The monoisotopic (exact) mass is 322 g/mol. The molecule has 1 aromatic carbocycles. The van der Waals surface area contributed by atoms with E-state index in [9.17, 15) is 4.79 Å². The number of carbonyl (C=O) groups is 1. The van der Waals surface area contributed by atoms with Crippen molar-refractivity contribution in [1.82, 2.24) is 10.2 Å². The van der Waals surface area contributed by atoms with Crippen LogP contribution in [0.2, 0.25) is 0 Å². The lowest BCUT2D eigenvalue weighted by Gasteiger charge is -2.26. The highest BCUT2D eigenvalue weighted by molar-refractivity contribution is 9.10. The number of carbonyl (C=O) groups excluding carboxylic acids is 1. The van der Waals surface area contributed by atoms with Gasteiger partial charge in [-0.15, -0.1) is 0 Å². The lowest BCUT2D eigenvalue weighted by atomic mass is 10.1. The third-order valence-electron chi connectivity index (χ3n) is 3.93. The topological polar surface area (TPSA) is 32.3 Å². The third kappa shape index (κ3) is 3.00. The second kappa shape index (κ2) is 5.63. The molecule has 1 amide bonds. The summed E-state index contributed by atoms with van der Waals surface area (Å²) < 4.78 is 1.09. The Labute approximate surface area is 122 Å². The first kappa shape index (κ1) is 13.1. The van der Waals surface area contributed by atoms with Crippen molar-refractivity contribution in [3.05, 3.63) is 34.3 Å². The Morgan fingerprint density at radius 2 is 2.11 bits per heavy atom. The van der Waals surface area contributed by atoms with Gasteiger partial charge in [-0.1, -0.05) is 34.1 Å². The Morgan fingerprint density at radius 1 is 1.32 bits per heavy atom. The van der Waals surface area contributed by atoms with Crippen molar-refractivity contribution in [3.8, 4) is 0 Å². The molecule has 0 aromatic heterocycles. The molecule has 4 heteroatoms. The molecule has 1 saturated carbocycles. The largest absolute Gasteiger partial charge is 0.334 e. The SMILES string of the molecule is O=C([C@H]1CCCN1)N(Cc1ccccc1Br)C1CC1. The highest BCUT2D eigenvalue weighted by Crippen LogP contribution is 2.31. The molecule has 102 valence electrons. The molecule has 1 aromatic rings. The molecule has 1 N–H and O–H groups in total. The van der Waals surface area contributed by atoms with Crippen LogP contribution in [0.5, 0.6) is 0 Å². The van der Waals surface area contributed by atoms with Gasteiger partial charge in [0.15, 0.2) is 0 Å². The van der Waals surface area contributed by atoms with Crippen LogP contribution in [0.3, 0.4) is 0 Å². The van der Waals surface area contributed by atoms with Crippen LogP contribution in [0, 0.1) is 0 Å². The molecule has 1 saturated heterocycles. The molecule has 2 fully saturated rings. The average molecular weight is 323 g/mol. The van der Waals surface area contributed by atoms with Gasteiger partial charge in [-0.2, -0.15) is 0 Å². The summed E-state index contributed by atoms with van der Waals surface area (Å²) in [5.74, 6) is 0.288. The van der Waals surface area contributed by atoms with Gasteiger partial charge < -0.3 is 10.2 Å². The van der Waals surface area contributed by atoms with Gasteiger partial charge in [0.1, 0.15) is 0 Å². The van der Waals surface area contributed by atoms with Gasteiger partial charge in [0.2, 0.25) is 5.91 Å². The number of halogens is 1. The zero-order valence-electron chi connectivity index (χ0n) is 10.9. The first-order valence-corrected chi connectivity index (χ1v) is 7.82. The zero-order valence-corrected chi connectivity index (χ0v) is 12.5. The molecule has 0 bridgehead atoms. The first-order chi connectivity index (χ1) is 9.25. The van der Waals surface area contributed by atoms with Crippen molar-refractivity contribution in [3.63, 3.8) is 0 Å². The van der Waals surface area contributed by atoms with Gasteiger partial charge in [-0.3, -0.25) is 4.79 Å². The number of nitrogens with zero attached hydrogens (tertiary/aromatic N) is 1. The average Bonchev–Trinajstić information content (AvgIpc) is 3.11. The van der Waals surface area contributed by atoms with E-state index in [1.165, 1.54) is 5.56 Å². The molecule has 1 heterocycles. The number of hydrogen-bond donors (Lipinski definition) is 1. The Bertz CT molecular complexity index is 467. The van der Waals surface area contributed by atoms with E-state index in [2.05, 4.69) is 32.2 Å². The van der Waals surface area contributed by atoms with Crippen molar-refractivity contribution in [2.75, 3.05) is 6.54 Å². The lowest BCUT2D eigenvalue weighted by molar-refractivity contribution is -0.134. The Hall–Kier alpha value is -0.870. The predicted molar refractivity (Wildman–Crippen MR) is 78.7 cm³/mol. The third-order valence-corrected chi connectivity index (χ3v) is 4.70. The van der Waals surface area contributed by atoms with E-state index in [0.717, 1.165) is 43.2 Å². The summed E-state index contributed by atoms with van der Waals surface area (Å²) in [6, 6.07) is 8.68.